The molecule has 3 rings (SSSR count). The summed E-state index contributed by atoms with van der Waals surface area (Å²) in [6.45, 7) is 1.14. The van der Waals surface area contributed by atoms with Crippen LogP contribution in [0.25, 0.3) is 5.65 Å². The summed E-state index contributed by atoms with van der Waals surface area (Å²) in [6.07, 6.45) is 7.12. The summed E-state index contributed by atoms with van der Waals surface area (Å²) >= 11 is 0. The molecule has 4 heteroatoms. The highest BCUT2D eigenvalue weighted by Gasteiger charge is 2.24. The van der Waals surface area contributed by atoms with Crippen LogP contribution in [0.15, 0.2) is 24.5 Å². The van der Waals surface area contributed by atoms with E-state index in [1.165, 1.54) is 12.8 Å². The van der Waals surface area contributed by atoms with Crippen LogP contribution < -0.4 is 0 Å². The van der Waals surface area contributed by atoms with E-state index in [0.717, 1.165) is 24.2 Å². The third kappa shape index (κ3) is 1.74. The van der Waals surface area contributed by atoms with Crippen LogP contribution in [0.5, 0.6) is 0 Å². The molecule has 1 aliphatic rings. The fourth-order valence-corrected chi connectivity index (χ4v) is 2.54. The van der Waals surface area contributed by atoms with Crippen molar-refractivity contribution < 1.29 is 4.79 Å². The van der Waals surface area contributed by atoms with Gasteiger partial charge in [-0.05, 0) is 38.6 Å². The highest BCUT2D eigenvalue weighted by molar-refractivity contribution is 5.74. The van der Waals surface area contributed by atoms with Crippen molar-refractivity contribution in [2.75, 3.05) is 13.6 Å². The van der Waals surface area contributed by atoms with Gasteiger partial charge in [0.15, 0.2) is 6.29 Å². The van der Waals surface area contributed by atoms with Crippen molar-refractivity contribution in [1.29, 1.82) is 0 Å². The summed E-state index contributed by atoms with van der Waals surface area (Å²) in [5.41, 5.74) is 2.69. The number of hydrogen-bond acceptors (Lipinski definition) is 3. The molecule has 0 amide bonds. The van der Waals surface area contributed by atoms with Crippen LogP contribution >= 0.6 is 0 Å². The predicted molar refractivity (Wildman–Crippen MR) is 65.2 cm³/mol. The molecule has 0 saturated carbocycles. The number of nitrogens with zero attached hydrogens (tertiary/aromatic N) is 3. The molecule has 17 heavy (non-hydrogen) atoms. The number of likely N-dealkylation sites (tertiary alicyclic amines) is 1. The zero-order valence-electron chi connectivity index (χ0n) is 9.84. The van der Waals surface area contributed by atoms with E-state index in [4.69, 9.17) is 0 Å². The Bertz CT molecular complexity index is 561. The van der Waals surface area contributed by atoms with Crippen molar-refractivity contribution in [1.82, 2.24) is 14.3 Å². The quantitative estimate of drug-likeness (QED) is 0.738. The van der Waals surface area contributed by atoms with Gasteiger partial charge >= 0.3 is 0 Å². The molecule has 0 N–H and O–H groups in total. The van der Waals surface area contributed by atoms with Gasteiger partial charge in [0.2, 0.25) is 0 Å². The normalized spacial score (nSPS) is 21.1. The largest absolute Gasteiger partial charge is 0.306 e. The Labute approximate surface area is 99.9 Å². The Morgan fingerprint density at radius 1 is 1.41 bits per heavy atom. The second-order valence-corrected chi connectivity index (χ2v) is 4.65. The van der Waals surface area contributed by atoms with E-state index in [-0.39, 0.29) is 0 Å². The van der Waals surface area contributed by atoms with Crippen LogP contribution in [0.2, 0.25) is 0 Å². The smallest absolute Gasteiger partial charge is 0.151 e. The number of carbonyl (C=O) groups is 1. The molecule has 0 spiro atoms. The molecule has 3 heterocycles. The van der Waals surface area contributed by atoms with E-state index >= 15 is 0 Å². The van der Waals surface area contributed by atoms with Crippen LogP contribution in [0.4, 0.5) is 0 Å². The number of fused-ring (bicyclic) bond motifs is 1. The van der Waals surface area contributed by atoms with Crippen LogP contribution in [0, 0.1) is 0 Å². The van der Waals surface area contributed by atoms with E-state index in [0.29, 0.717) is 11.6 Å². The Balaban J connectivity index is 2.04. The lowest BCUT2D eigenvalue weighted by Crippen LogP contribution is -2.17. The van der Waals surface area contributed by atoms with Crippen LogP contribution in [0.1, 0.15) is 34.9 Å². The Hall–Kier alpha value is -1.68. The van der Waals surface area contributed by atoms with E-state index < -0.39 is 0 Å². The maximum absolute atomic E-state index is 10.7. The second kappa shape index (κ2) is 3.96. The first-order valence-corrected chi connectivity index (χ1v) is 5.92. The molecular weight excluding hydrogens is 214 g/mol. The molecule has 4 nitrogen and oxygen atoms in total. The fraction of sp³-hybridized carbons (Fsp3) is 0.385. The number of carbonyl (C=O) groups excluding carboxylic acids is 1. The summed E-state index contributed by atoms with van der Waals surface area (Å²) in [6, 6.07) is 4.12. The summed E-state index contributed by atoms with van der Waals surface area (Å²) in [5, 5.41) is 0. The first kappa shape index (κ1) is 10.5. The van der Waals surface area contributed by atoms with Gasteiger partial charge in [-0.3, -0.25) is 9.69 Å². The van der Waals surface area contributed by atoms with Crippen molar-refractivity contribution in [3.8, 4) is 0 Å². The standard InChI is InChI=1S/C13H15N3O/c1-15-6-2-3-12(15)11-8-16-7-10(9-17)4-5-13(16)14-11/h4-5,7-9,12H,2-3,6H2,1H3. The molecule has 1 aliphatic heterocycles. The summed E-state index contributed by atoms with van der Waals surface area (Å²) in [4.78, 5) is 17.7. The predicted octanol–water partition coefficient (Wildman–Crippen LogP) is 1.91. The lowest BCUT2D eigenvalue weighted by atomic mass is 10.2. The van der Waals surface area contributed by atoms with Gasteiger partial charge in [0.1, 0.15) is 5.65 Å². The average molecular weight is 229 g/mol. The molecule has 0 aliphatic carbocycles. The monoisotopic (exact) mass is 229 g/mol. The van der Waals surface area contributed by atoms with Crippen LogP contribution in [0.3, 0.4) is 0 Å². The Morgan fingerprint density at radius 3 is 3.00 bits per heavy atom. The van der Waals surface area contributed by atoms with E-state index in [1.807, 2.05) is 22.9 Å². The van der Waals surface area contributed by atoms with Gasteiger partial charge in [-0.2, -0.15) is 0 Å². The maximum Gasteiger partial charge on any atom is 0.151 e. The molecule has 2 aromatic heterocycles. The van der Waals surface area contributed by atoms with Gasteiger partial charge in [0, 0.05) is 18.0 Å². The minimum atomic E-state index is 0.426. The van der Waals surface area contributed by atoms with Gasteiger partial charge in [-0.25, -0.2) is 4.98 Å². The number of rotatable bonds is 2. The van der Waals surface area contributed by atoms with E-state index in [1.54, 1.807) is 6.07 Å². The molecule has 88 valence electrons. The SMILES string of the molecule is CN1CCCC1c1cn2cc(C=O)ccc2n1. The average Bonchev–Trinajstić information content (AvgIpc) is 2.93. The van der Waals surface area contributed by atoms with Crippen molar-refractivity contribution in [3.63, 3.8) is 0 Å². The summed E-state index contributed by atoms with van der Waals surface area (Å²) in [5.74, 6) is 0. The molecule has 1 atom stereocenters. The minimum Gasteiger partial charge on any atom is -0.306 e. The molecule has 1 unspecified atom stereocenters. The zero-order chi connectivity index (χ0) is 11.8. The van der Waals surface area contributed by atoms with Crippen LogP contribution in [-0.2, 0) is 0 Å². The second-order valence-electron chi connectivity index (χ2n) is 4.65. The van der Waals surface area contributed by atoms with Gasteiger partial charge in [0.05, 0.1) is 11.7 Å². The maximum atomic E-state index is 10.7. The lowest BCUT2D eigenvalue weighted by molar-refractivity contribution is 0.112. The van der Waals surface area contributed by atoms with E-state index in [2.05, 4.69) is 16.9 Å². The number of hydrogen-bond donors (Lipinski definition) is 0. The highest BCUT2D eigenvalue weighted by atomic mass is 16.1. The number of imidazole rings is 1. The van der Waals surface area contributed by atoms with Crippen molar-refractivity contribution in [2.24, 2.45) is 0 Å². The molecular formula is C13H15N3O. The van der Waals surface area contributed by atoms with Crippen molar-refractivity contribution >= 4 is 11.9 Å². The lowest BCUT2D eigenvalue weighted by Gasteiger charge is -2.16. The third-order valence-corrected chi connectivity index (χ3v) is 3.49. The van der Waals surface area contributed by atoms with Gasteiger partial charge in [-0.1, -0.05) is 0 Å². The topological polar surface area (TPSA) is 37.6 Å². The van der Waals surface area contributed by atoms with Gasteiger partial charge in [-0.15, -0.1) is 0 Å². The number of aromatic nitrogens is 2. The van der Waals surface area contributed by atoms with E-state index in [9.17, 15) is 4.79 Å². The molecule has 0 aromatic carbocycles. The van der Waals surface area contributed by atoms with Gasteiger partial charge in [0.25, 0.3) is 0 Å². The first-order chi connectivity index (χ1) is 8.28. The fourth-order valence-electron chi connectivity index (χ4n) is 2.54. The van der Waals surface area contributed by atoms with Crippen LogP contribution in [-0.4, -0.2) is 34.2 Å². The summed E-state index contributed by atoms with van der Waals surface area (Å²) in [7, 11) is 2.14. The summed E-state index contributed by atoms with van der Waals surface area (Å²) < 4.78 is 1.94. The number of pyridine rings is 1. The van der Waals surface area contributed by atoms with Crippen molar-refractivity contribution in [3.05, 3.63) is 35.8 Å². The highest BCUT2D eigenvalue weighted by Crippen LogP contribution is 2.29. The minimum absolute atomic E-state index is 0.426. The third-order valence-electron chi connectivity index (χ3n) is 3.49. The zero-order valence-corrected chi connectivity index (χ0v) is 9.84. The van der Waals surface area contributed by atoms with Gasteiger partial charge < -0.3 is 4.40 Å². The first-order valence-electron chi connectivity index (χ1n) is 5.92. The Morgan fingerprint density at radius 2 is 2.29 bits per heavy atom. The molecule has 2 aromatic rings. The number of aldehydes is 1. The van der Waals surface area contributed by atoms with Crippen molar-refractivity contribution in [2.45, 2.75) is 18.9 Å². The Kier molecular flexibility index (Phi) is 2.44. The molecule has 0 bridgehead atoms. The molecule has 1 fully saturated rings. The molecule has 1 saturated heterocycles. The molecule has 0 radical (unpaired) electrons.